The van der Waals surface area contributed by atoms with Crippen LogP contribution in [0, 0.1) is 11.6 Å². The van der Waals surface area contributed by atoms with Crippen molar-refractivity contribution in [3.05, 3.63) is 65.2 Å². The van der Waals surface area contributed by atoms with Crippen LogP contribution in [0.4, 0.5) is 14.5 Å². The zero-order valence-electron chi connectivity index (χ0n) is 14.5. The Kier molecular flexibility index (Phi) is 6.98. The largest absolute Gasteiger partial charge is 0.399 e. The van der Waals surface area contributed by atoms with Gasteiger partial charge >= 0.3 is 0 Å². The van der Waals surface area contributed by atoms with Crippen molar-refractivity contribution in [2.24, 2.45) is 0 Å². The smallest absolute Gasteiger partial charge is 0.227 e. The van der Waals surface area contributed by atoms with Crippen LogP contribution in [0.25, 0.3) is 0 Å². The quantitative estimate of drug-likeness (QED) is 0.777. The molecule has 0 bridgehead atoms. The second kappa shape index (κ2) is 8.99. The van der Waals surface area contributed by atoms with Gasteiger partial charge in [-0.05, 0) is 42.7 Å². The van der Waals surface area contributed by atoms with Gasteiger partial charge in [-0.15, -0.1) is 12.4 Å². The van der Waals surface area contributed by atoms with E-state index >= 15 is 0 Å². The van der Waals surface area contributed by atoms with Gasteiger partial charge in [0.1, 0.15) is 11.6 Å². The Morgan fingerprint density at radius 2 is 1.62 bits per heavy atom. The topological polar surface area (TPSA) is 46.3 Å². The minimum absolute atomic E-state index is 0. The molecule has 3 rings (SSSR count). The molecule has 0 aromatic heterocycles. The molecule has 6 heteroatoms. The number of carbonyl (C=O) groups is 1. The van der Waals surface area contributed by atoms with E-state index in [9.17, 15) is 13.6 Å². The van der Waals surface area contributed by atoms with Crippen molar-refractivity contribution in [2.75, 3.05) is 5.73 Å². The third kappa shape index (κ3) is 4.73. The molecule has 0 saturated heterocycles. The molecule has 0 aliphatic heterocycles. The summed E-state index contributed by atoms with van der Waals surface area (Å²) in [5, 5.41) is 0. The van der Waals surface area contributed by atoms with Crippen LogP contribution >= 0.6 is 12.4 Å². The number of hydrogen-bond donors (Lipinski definition) is 1. The molecule has 3 nitrogen and oxygen atoms in total. The van der Waals surface area contributed by atoms with Crippen LogP contribution in [0.2, 0.25) is 0 Å². The highest BCUT2D eigenvalue weighted by Gasteiger charge is 2.28. The monoisotopic (exact) mass is 380 g/mol. The fraction of sp³-hybridized carbons (Fsp3) is 0.350. The van der Waals surface area contributed by atoms with E-state index in [0.717, 1.165) is 31.2 Å². The van der Waals surface area contributed by atoms with Crippen LogP contribution in [-0.2, 0) is 17.8 Å². The molecule has 0 radical (unpaired) electrons. The predicted molar refractivity (Wildman–Crippen MR) is 101 cm³/mol. The number of anilines is 1. The lowest BCUT2D eigenvalue weighted by Crippen LogP contribution is -2.39. The van der Waals surface area contributed by atoms with Gasteiger partial charge in [-0.1, -0.05) is 31.0 Å². The van der Waals surface area contributed by atoms with Gasteiger partial charge in [0.2, 0.25) is 5.91 Å². The minimum Gasteiger partial charge on any atom is -0.399 e. The van der Waals surface area contributed by atoms with Crippen molar-refractivity contribution < 1.29 is 13.6 Å². The number of nitrogen functional groups attached to an aromatic ring is 1. The molecule has 140 valence electrons. The van der Waals surface area contributed by atoms with Crippen molar-refractivity contribution in [3.8, 4) is 0 Å². The second-order valence-electron chi connectivity index (χ2n) is 6.58. The van der Waals surface area contributed by atoms with Crippen LogP contribution in [-0.4, -0.2) is 16.8 Å². The number of rotatable bonds is 5. The molecule has 1 amide bonds. The predicted octanol–water partition coefficient (Wildman–Crippen LogP) is 4.48. The van der Waals surface area contributed by atoms with Gasteiger partial charge in [-0.25, -0.2) is 8.78 Å². The fourth-order valence-electron chi connectivity index (χ4n) is 3.40. The molecule has 0 heterocycles. The van der Waals surface area contributed by atoms with Crippen LogP contribution < -0.4 is 5.73 Å². The summed E-state index contributed by atoms with van der Waals surface area (Å²) in [6.45, 7) is -0.0308. The van der Waals surface area contributed by atoms with E-state index in [1.54, 1.807) is 17.0 Å². The Balaban J connectivity index is 0.00000243. The summed E-state index contributed by atoms with van der Waals surface area (Å²) in [4.78, 5) is 14.5. The van der Waals surface area contributed by atoms with Crippen molar-refractivity contribution in [1.82, 2.24) is 4.90 Å². The summed E-state index contributed by atoms with van der Waals surface area (Å²) in [7, 11) is 0. The Morgan fingerprint density at radius 1 is 1.04 bits per heavy atom. The Bertz CT molecular complexity index is 726. The van der Waals surface area contributed by atoms with Gasteiger partial charge in [0.15, 0.2) is 0 Å². The molecule has 26 heavy (non-hydrogen) atoms. The molecule has 2 aromatic rings. The first-order valence-electron chi connectivity index (χ1n) is 8.61. The van der Waals surface area contributed by atoms with E-state index in [-0.39, 0.29) is 42.9 Å². The summed E-state index contributed by atoms with van der Waals surface area (Å²) in [6, 6.07) is 11.0. The van der Waals surface area contributed by atoms with E-state index in [0.29, 0.717) is 5.69 Å². The van der Waals surface area contributed by atoms with Crippen molar-refractivity contribution >= 4 is 24.0 Å². The molecule has 1 aliphatic rings. The highest BCUT2D eigenvalue weighted by molar-refractivity contribution is 5.85. The first kappa shape index (κ1) is 20.2. The molecule has 0 unspecified atom stereocenters. The zero-order valence-corrected chi connectivity index (χ0v) is 15.3. The SMILES string of the molecule is Cl.Nc1ccc(CC(=O)N(Cc2c(F)cccc2F)C2CCCC2)cc1. The second-order valence-corrected chi connectivity index (χ2v) is 6.58. The fourth-order valence-corrected chi connectivity index (χ4v) is 3.40. The van der Waals surface area contributed by atoms with Gasteiger partial charge in [0, 0.05) is 17.3 Å². The van der Waals surface area contributed by atoms with Gasteiger partial charge in [-0.2, -0.15) is 0 Å². The number of halogens is 3. The number of carbonyl (C=O) groups excluding carboxylic acids is 1. The Morgan fingerprint density at radius 3 is 2.19 bits per heavy atom. The van der Waals surface area contributed by atoms with Crippen molar-refractivity contribution in [2.45, 2.75) is 44.7 Å². The normalized spacial score (nSPS) is 14.1. The molecular weight excluding hydrogens is 358 g/mol. The first-order valence-corrected chi connectivity index (χ1v) is 8.61. The maximum atomic E-state index is 14.0. The number of benzene rings is 2. The first-order chi connectivity index (χ1) is 12.0. The molecular formula is C20H23ClF2N2O. The molecule has 2 aromatic carbocycles. The van der Waals surface area contributed by atoms with E-state index in [4.69, 9.17) is 5.73 Å². The Hall–Kier alpha value is -2.14. The summed E-state index contributed by atoms with van der Waals surface area (Å²) in [6.07, 6.45) is 4.03. The summed E-state index contributed by atoms with van der Waals surface area (Å²) in [5.41, 5.74) is 7.11. The van der Waals surface area contributed by atoms with Crippen LogP contribution in [0.15, 0.2) is 42.5 Å². The third-order valence-corrected chi connectivity index (χ3v) is 4.81. The molecule has 1 saturated carbocycles. The van der Waals surface area contributed by atoms with Gasteiger partial charge in [-0.3, -0.25) is 4.79 Å². The maximum absolute atomic E-state index is 14.0. The maximum Gasteiger partial charge on any atom is 0.227 e. The average Bonchev–Trinajstić information content (AvgIpc) is 3.11. The van der Waals surface area contributed by atoms with E-state index in [1.807, 2.05) is 12.1 Å². The molecule has 1 fully saturated rings. The lowest BCUT2D eigenvalue weighted by molar-refractivity contribution is -0.133. The number of nitrogens with two attached hydrogens (primary N) is 1. The van der Waals surface area contributed by atoms with E-state index < -0.39 is 11.6 Å². The van der Waals surface area contributed by atoms with E-state index in [1.165, 1.54) is 18.2 Å². The van der Waals surface area contributed by atoms with Crippen LogP contribution in [0.1, 0.15) is 36.8 Å². The van der Waals surface area contributed by atoms with Crippen molar-refractivity contribution in [3.63, 3.8) is 0 Å². The van der Waals surface area contributed by atoms with E-state index in [2.05, 4.69) is 0 Å². The summed E-state index contributed by atoms with van der Waals surface area (Å²) >= 11 is 0. The molecule has 0 atom stereocenters. The highest BCUT2D eigenvalue weighted by Crippen LogP contribution is 2.27. The van der Waals surface area contributed by atoms with Gasteiger partial charge in [0.05, 0.1) is 13.0 Å². The molecule has 1 aliphatic carbocycles. The standard InChI is InChI=1S/C20H22F2N2O.ClH/c21-18-6-3-7-19(22)17(18)13-24(16-4-1-2-5-16)20(25)12-14-8-10-15(23)11-9-14;/h3,6-11,16H,1-2,4-5,12-13,23H2;1H. The highest BCUT2D eigenvalue weighted by atomic mass is 35.5. The third-order valence-electron chi connectivity index (χ3n) is 4.81. The lowest BCUT2D eigenvalue weighted by Gasteiger charge is -2.29. The van der Waals surface area contributed by atoms with Gasteiger partial charge in [0.25, 0.3) is 0 Å². The number of amides is 1. The van der Waals surface area contributed by atoms with Crippen LogP contribution in [0.3, 0.4) is 0 Å². The zero-order chi connectivity index (χ0) is 17.8. The number of nitrogens with zero attached hydrogens (tertiary/aromatic N) is 1. The summed E-state index contributed by atoms with van der Waals surface area (Å²) in [5.74, 6) is -1.33. The van der Waals surface area contributed by atoms with Crippen molar-refractivity contribution in [1.29, 1.82) is 0 Å². The summed E-state index contributed by atoms with van der Waals surface area (Å²) < 4.78 is 28.1. The lowest BCUT2D eigenvalue weighted by atomic mass is 10.1. The molecule has 0 spiro atoms. The Labute approximate surface area is 158 Å². The number of hydrogen-bond acceptors (Lipinski definition) is 2. The van der Waals surface area contributed by atoms with Crippen LogP contribution in [0.5, 0.6) is 0 Å². The minimum atomic E-state index is -0.608. The average molecular weight is 381 g/mol. The van der Waals surface area contributed by atoms with Gasteiger partial charge < -0.3 is 10.6 Å². The molecule has 2 N–H and O–H groups in total.